The van der Waals surface area contributed by atoms with Gasteiger partial charge in [-0.05, 0) is 30.3 Å². The average molecular weight is 347 g/mol. The standard InChI is InChI=1S/C24H17N3/c1-4-10-18-15(7-1)13-21(25-18)23-17-9-3-6-12-20(17)27-24(23)22-14-16-8-2-5-11-19(16)26-22/h1-14,25-27H. The predicted molar refractivity (Wildman–Crippen MR) is 113 cm³/mol. The largest absolute Gasteiger partial charge is 0.354 e. The summed E-state index contributed by atoms with van der Waals surface area (Å²) in [6.45, 7) is 0. The number of H-pyrrole nitrogens is 3. The van der Waals surface area contributed by atoms with Gasteiger partial charge in [0.25, 0.3) is 0 Å². The number of hydrogen-bond acceptors (Lipinski definition) is 0. The number of rotatable bonds is 2. The van der Waals surface area contributed by atoms with E-state index in [-0.39, 0.29) is 0 Å². The first kappa shape index (κ1) is 14.4. The van der Waals surface area contributed by atoms with Gasteiger partial charge in [0.1, 0.15) is 0 Å². The second-order valence-corrected chi connectivity index (χ2v) is 6.96. The van der Waals surface area contributed by atoms with E-state index in [1.807, 2.05) is 0 Å². The van der Waals surface area contributed by atoms with Crippen LogP contribution in [0.1, 0.15) is 0 Å². The molecular weight excluding hydrogens is 330 g/mol. The van der Waals surface area contributed by atoms with Crippen LogP contribution in [0.5, 0.6) is 0 Å². The van der Waals surface area contributed by atoms with Crippen molar-refractivity contribution in [1.82, 2.24) is 15.0 Å². The summed E-state index contributed by atoms with van der Waals surface area (Å²) in [4.78, 5) is 10.8. The van der Waals surface area contributed by atoms with Crippen LogP contribution in [0.2, 0.25) is 0 Å². The van der Waals surface area contributed by atoms with Crippen LogP contribution in [0.3, 0.4) is 0 Å². The Labute approximate surface area is 155 Å². The highest BCUT2D eigenvalue weighted by molar-refractivity contribution is 6.05. The van der Waals surface area contributed by atoms with E-state index in [9.17, 15) is 0 Å². The molecule has 0 spiro atoms. The van der Waals surface area contributed by atoms with Crippen molar-refractivity contribution in [3.63, 3.8) is 0 Å². The molecule has 0 saturated heterocycles. The highest BCUT2D eigenvalue weighted by atomic mass is 14.8. The van der Waals surface area contributed by atoms with E-state index in [1.165, 1.54) is 21.7 Å². The molecule has 27 heavy (non-hydrogen) atoms. The fraction of sp³-hybridized carbons (Fsp3) is 0. The van der Waals surface area contributed by atoms with Crippen LogP contribution in [0.4, 0.5) is 0 Å². The van der Waals surface area contributed by atoms with Crippen LogP contribution in [-0.4, -0.2) is 15.0 Å². The Morgan fingerprint density at radius 1 is 0.481 bits per heavy atom. The maximum atomic E-state index is 3.63. The average Bonchev–Trinajstić information content (AvgIpc) is 3.40. The molecule has 0 aliphatic heterocycles. The van der Waals surface area contributed by atoms with Crippen molar-refractivity contribution in [3.05, 3.63) is 84.9 Å². The molecular formula is C24H17N3. The third-order valence-electron chi connectivity index (χ3n) is 5.30. The highest BCUT2D eigenvalue weighted by Crippen LogP contribution is 2.39. The normalized spacial score (nSPS) is 11.7. The van der Waals surface area contributed by atoms with Gasteiger partial charge >= 0.3 is 0 Å². The smallest absolute Gasteiger partial charge is 0.0725 e. The molecule has 3 nitrogen and oxygen atoms in total. The molecule has 3 aromatic carbocycles. The summed E-state index contributed by atoms with van der Waals surface area (Å²) in [6.07, 6.45) is 0. The van der Waals surface area contributed by atoms with E-state index in [4.69, 9.17) is 0 Å². The second kappa shape index (κ2) is 5.39. The Bertz CT molecular complexity index is 1360. The summed E-state index contributed by atoms with van der Waals surface area (Å²) < 4.78 is 0. The number of benzene rings is 3. The molecule has 0 atom stereocenters. The summed E-state index contributed by atoms with van der Waals surface area (Å²) in [5.41, 5.74) is 7.98. The molecule has 3 heterocycles. The Kier molecular flexibility index (Phi) is 2.88. The van der Waals surface area contributed by atoms with Gasteiger partial charge < -0.3 is 15.0 Å². The van der Waals surface area contributed by atoms with Crippen LogP contribution in [-0.2, 0) is 0 Å². The Morgan fingerprint density at radius 3 is 1.74 bits per heavy atom. The Balaban J connectivity index is 1.68. The van der Waals surface area contributed by atoms with Gasteiger partial charge in [0.05, 0.1) is 11.4 Å². The lowest BCUT2D eigenvalue weighted by Gasteiger charge is -2.01. The van der Waals surface area contributed by atoms with Gasteiger partial charge in [0.2, 0.25) is 0 Å². The van der Waals surface area contributed by atoms with Gasteiger partial charge in [0.15, 0.2) is 0 Å². The first-order valence-corrected chi connectivity index (χ1v) is 9.14. The van der Waals surface area contributed by atoms with E-state index < -0.39 is 0 Å². The van der Waals surface area contributed by atoms with Crippen LogP contribution in [0, 0.1) is 0 Å². The van der Waals surface area contributed by atoms with Crippen molar-refractivity contribution in [1.29, 1.82) is 0 Å². The molecule has 6 aromatic rings. The van der Waals surface area contributed by atoms with Crippen LogP contribution >= 0.6 is 0 Å². The topological polar surface area (TPSA) is 47.4 Å². The van der Waals surface area contributed by atoms with Crippen molar-refractivity contribution in [2.45, 2.75) is 0 Å². The zero-order valence-electron chi connectivity index (χ0n) is 14.6. The number of fused-ring (bicyclic) bond motifs is 3. The first-order valence-electron chi connectivity index (χ1n) is 9.14. The Hall–Kier alpha value is -3.72. The molecule has 0 fully saturated rings. The van der Waals surface area contributed by atoms with Gasteiger partial charge in [-0.3, -0.25) is 0 Å². The number of para-hydroxylation sites is 3. The second-order valence-electron chi connectivity index (χ2n) is 6.96. The third kappa shape index (κ3) is 2.15. The molecule has 0 saturated carbocycles. The minimum absolute atomic E-state index is 1.10. The number of nitrogens with one attached hydrogen (secondary N) is 3. The summed E-state index contributed by atoms with van der Waals surface area (Å²) in [5.74, 6) is 0. The van der Waals surface area contributed by atoms with E-state index >= 15 is 0 Å². The maximum Gasteiger partial charge on any atom is 0.0725 e. The van der Waals surface area contributed by atoms with Crippen LogP contribution < -0.4 is 0 Å². The fourth-order valence-electron chi connectivity index (χ4n) is 4.04. The van der Waals surface area contributed by atoms with Gasteiger partial charge in [-0.15, -0.1) is 0 Å². The van der Waals surface area contributed by atoms with Gasteiger partial charge in [0, 0.05) is 44.0 Å². The van der Waals surface area contributed by atoms with Crippen molar-refractivity contribution < 1.29 is 0 Å². The van der Waals surface area contributed by atoms with Gasteiger partial charge in [-0.2, -0.15) is 0 Å². The molecule has 128 valence electrons. The Morgan fingerprint density at radius 2 is 1.04 bits per heavy atom. The molecule has 0 aliphatic carbocycles. The summed E-state index contributed by atoms with van der Waals surface area (Å²) in [6, 6.07) is 29.7. The molecule has 0 bridgehead atoms. The van der Waals surface area contributed by atoms with Crippen molar-refractivity contribution in [2.24, 2.45) is 0 Å². The molecule has 3 heteroatoms. The van der Waals surface area contributed by atoms with Crippen molar-refractivity contribution >= 4 is 32.7 Å². The fourth-order valence-corrected chi connectivity index (χ4v) is 4.04. The predicted octanol–water partition coefficient (Wildman–Crippen LogP) is 6.46. The highest BCUT2D eigenvalue weighted by Gasteiger charge is 2.18. The SMILES string of the molecule is c1ccc2[nH]c(-c3[nH]c4ccccc4c3-c3cc4ccccc4[nH]3)cc2c1. The molecule has 0 aliphatic rings. The van der Waals surface area contributed by atoms with Crippen molar-refractivity contribution in [3.8, 4) is 22.6 Å². The minimum Gasteiger partial charge on any atom is -0.354 e. The van der Waals surface area contributed by atoms with Crippen molar-refractivity contribution in [2.75, 3.05) is 0 Å². The molecule has 6 rings (SSSR count). The number of aromatic amines is 3. The zero-order valence-corrected chi connectivity index (χ0v) is 14.6. The molecule has 0 radical (unpaired) electrons. The first-order chi connectivity index (χ1) is 13.4. The molecule has 3 aromatic heterocycles. The van der Waals surface area contributed by atoms with Crippen LogP contribution in [0.15, 0.2) is 84.9 Å². The summed E-state index contributed by atoms with van der Waals surface area (Å²) >= 11 is 0. The van der Waals surface area contributed by atoms with Gasteiger partial charge in [-0.25, -0.2) is 0 Å². The monoisotopic (exact) mass is 347 g/mol. The van der Waals surface area contributed by atoms with E-state index in [0.717, 1.165) is 33.6 Å². The number of aromatic nitrogens is 3. The quantitative estimate of drug-likeness (QED) is 0.322. The summed E-state index contributed by atoms with van der Waals surface area (Å²) in [7, 11) is 0. The zero-order chi connectivity index (χ0) is 17.8. The molecule has 0 unspecified atom stereocenters. The van der Waals surface area contributed by atoms with Crippen LogP contribution in [0.25, 0.3) is 55.4 Å². The number of hydrogen-bond donors (Lipinski definition) is 3. The van der Waals surface area contributed by atoms with E-state index in [1.54, 1.807) is 0 Å². The van der Waals surface area contributed by atoms with E-state index in [0.29, 0.717) is 0 Å². The molecule has 3 N–H and O–H groups in total. The molecule has 0 amide bonds. The third-order valence-corrected chi connectivity index (χ3v) is 5.30. The summed E-state index contributed by atoms with van der Waals surface area (Å²) in [5, 5.41) is 3.66. The van der Waals surface area contributed by atoms with Gasteiger partial charge in [-0.1, -0.05) is 54.6 Å². The minimum atomic E-state index is 1.10. The maximum absolute atomic E-state index is 3.63. The lowest BCUT2D eigenvalue weighted by Crippen LogP contribution is -1.83. The van der Waals surface area contributed by atoms with E-state index in [2.05, 4.69) is 99.9 Å². The lowest BCUT2D eigenvalue weighted by atomic mass is 10.1. The lowest BCUT2D eigenvalue weighted by molar-refractivity contribution is 1.37.